The van der Waals surface area contributed by atoms with Crippen molar-refractivity contribution in [1.29, 1.82) is 0 Å². The molecule has 0 spiro atoms. The molecule has 0 aromatic carbocycles. The van der Waals surface area contributed by atoms with Crippen molar-refractivity contribution in [2.75, 3.05) is 18.1 Å². The van der Waals surface area contributed by atoms with E-state index in [9.17, 15) is 13.5 Å². The van der Waals surface area contributed by atoms with Crippen LogP contribution in [-0.2, 0) is 9.84 Å². The summed E-state index contributed by atoms with van der Waals surface area (Å²) in [5.41, 5.74) is -0.287. The molecule has 0 radical (unpaired) electrons. The fourth-order valence-corrected chi connectivity index (χ4v) is 3.06. The van der Waals surface area contributed by atoms with Crippen LogP contribution in [-0.4, -0.2) is 43.7 Å². The van der Waals surface area contributed by atoms with Gasteiger partial charge in [0.1, 0.15) is 0 Å². The molecule has 2 unspecified atom stereocenters. The van der Waals surface area contributed by atoms with Gasteiger partial charge >= 0.3 is 0 Å². The Morgan fingerprint density at radius 1 is 1.43 bits per heavy atom. The summed E-state index contributed by atoms with van der Waals surface area (Å²) >= 11 is 0. The summed E-state index contributed by atoms with van der Waals surface area (Å²) in [5.74, 6) is 0.228. The lowest BCUT2D eigenvalue weighted by Gasteiger charge is -2.35. The van der Waals surface area contributed by atoms with Crippen LogP contribution in [0.4, 0.5) is 0 Å². The molecule has 14 heavy (non-hydrogen) atoms. The lowest BCUT2D eigenvalue weighted by atomic mass is 9.85. The number of hydrogen-bond acceptors (Lipinski definition) is 4. The van der Waals surface area contributed by atoms with Crippen molar-refractivity contribution < 1.29 is 13.5 Å². The summed E-state index contributed by atoms with van der Waals surface area (Å²) in [6.07, 6.45) is -0.627. The summed E-state index contributed by atoms with van der Waals surface area (Å²) in [6.45, 7) is 6.15. The zero-order valence-electron chi connectivity index (χ0n) is 8.95. The second-order valence-corrected chi connectivity index (χ2v) is 7.21. The fraction of sp³-hybridized carbons (Fsp3) is 1.00. The summed E-state index contributed by atoms with van der Waals surface area (Å²) in [5, 5.41) is 13.0. The van der Waals surface area contributed by atoms with Crippen molar-refractivity contribution in [3.8, 4) is 0 Å². The minimum absolute atomic E-state index is 0.0471. The first-order valence-corrected chi connectivity index (χ1v) is 6.66. The molecule has 1 saturated heterocycles. The maximum atomic E-state index is 11.3. The van der Waals surface area contributed by atoms with Gasteiger partial charge in [-0.15, -0.1) is 0 Å². The molecule has 0 aromatic heterocycles. The van der Waals surface area contributed by atoms with Crippen LogP contribution in [0, 0.1) is 5.41 Å². The number of sulfone groups is 1. The van der Waals surface area contributed by atoms with Gasteiger partial charge in [0.15, 0.2) is 9.84 Å². The standard InChI is InChI=1S/C9H19NO3S/c1-9(2,3)8(11)7-6-14(12,13)5-4-10-7/h7-8,10-11H,4-6H2,1-3H3. The number of nitrogens with one attached hydrogen (secondary N) is 1. The minimum atomic E-state index is -2.96. The molecule has 0 saturated carbocycles. The van der Waals surface area contributed by atoms with Crippen LogP contribution >= 0.6 is 0 Å². The van der Waals surface area contributed by atoms with Crippen LogP contribution < -0.4 is 5.32 Å². The monoisotopic (exact) mass is 221 g/mol. The molecule has 4 nitrogen and oxygen atoms in total. The van der Waals surface area contributed by atoms with Gasteiger partial charge in [-0.25, -0.2) is 8.42 Å². The molecule has 5 heteroatoms. The van der Waals surface area contributed by atoms with Gasteiger partial charge in [-0.1, -0.05) is 20.8 Å². The lowest BCUT2D eigenvalue weighted by molar-refractivity contribution is 0.0348. The third-order valence-electron chi connectivity index (χ3n) is 2.52. The average molecular weight is 221 g/mol. The van der Waals surface area contributed by atoms with Gasteiger partial charge in [-0.05, 0) is 5.41 Å². The van der Waals surface area contributed by atoms with Gasteiger partial charge in [0.05, 0.1) is 17.6 Å². The molecule has 1 aliphatic heterocycles. The Morgan fingerprint density at radius 2 is 2.00 bits per heavy atom. The highest BCUT2D eigenvalue weighted by atomic mass is 32.2. The molecule has 1 fully saturated rings. The van der Waals surface area contributed by atoms with Crippen LogP contribution in [0.15, 0.2) is 0 Å². The van der Waals surface area contributed by atoms with Gasteiger partial charge in [-0.2, -0.15) is 0 Å². The highest BCUT2D eigenvalue weighted by molar-refractivity contribution is 7.91. The molecule has 1 rings (SSSR count). The van der Waals surface area contributed by atoms with E-state index in [1.807, 2.05) is 20.8 Å². The van der Waals surface area contributed by atoms with E-state index in [0.717, 1.165) is 0 Å². The number of hydrogen-bond donors (Lipinski definition) is 2. The van der Waals surface area contributed by atoms with Crippen LogP contribution in [0.5, 0.6) is 0 Å². The van der Waals surface area contributed by atoms with E-state index in [2.05, 4.69) is 5.32 Å². The zero-order chi connectivity index (χ0) is 11.0. The largest absolute Gasteiger partial charge is 0.391 e. The first-order valence-electron chi connectivity index (χ1n) is 4.84. The molecule has 0 amide bonds. The normalized spacial score (nSPS) is 29.9. The topological polar surface area (TPSA) is 66.4 Å². The molecule has 0 aliphatic carbocycles. The molecular formula is C9H19NO3S. The molecule has 2 N–H and O–H groups in total. The van der Waals surface area contributed by atoms with E-state index in [4.69, 9.17) is 0 Å². The third kappa shape index (κ3) is 2.93. The van der Waals surface area contributed by atoms with Crippen molar-refractivity contribution in [2.24, 2.45) is 5.41 Å². The van der Waals surface area contributed by atoms with E-state index in [-0.39, 0.29) is 23.0 Å². The minimum Gasteiger partial charge on any atom is -0.391 e. The van der Waals surface area contributed by atoms with Crippen molar-refractivity contribution >= 4 is 9.84 Å². The Balaban J connectivity index is 2.70. The van der Waals surface area contributed by atoms with Crippen LogP contribution in [0.25, 0.3) is 0 Å². The van der Waals surface area contributed by atoms with Crippen LogP contribution in [0.2, 0.25) is 0 Å². The lowest BCUT2D eigenvalue weighted by Crippen LogP contribution is -2.55. The van der Waals surface area contributed by atoms with Crippen molar-refractivity contribution in [2.45, 2.75) is 32.9 Å². The molecule has 84 valence electrons. The summed E-state index contributed by atoms with van der Waals surface area (Å²) < 4.78 is 22.7. The summed E-state index contributed by atoms with van der Waals surface area (Å²) in [4.78, 5) is 0. The first-order chi connectivity index (χ1) is 6.22. The predicted octanol–water partition coefficient (Wildman–Crippen LogP) is -0.220. The van der Waals surface area contributed by atoms with Gasteiger partial charge in [0.25, 0.3) is 0 Å². The molecular weight excluding hydrogens is 202 g/mol. The van der Waals surface area contributed by atoms with Gasteiger partial charge in [0, 0.05) is 12.6 Å². The average Bonchev–Trinajstić information content (AvgIpc) is 1.99. The van der Waals surface area contributed by atoms with Gasteiger partial charge in [-0.3, -0.25) is 0 Å². The quantitative estimate of drug-likeness (QED) is 0.642. The second-order valence-electron chi connectivity index (χ2n) is 4.99. The SMILES string of the molecule is CC(C)(C)C(O)C1CS(=O)(=O)CCN1. The van der Waals surface area contributed by atoms with Crippen molar-refractivity contribution in [3.05, 3.63) is 0 Å². The molecule has 2 atom stereocenters. The van der Waals surface area contributed by atoms with E-state index in [1.54, 1.807) is 0 Å². The van der Waals surface area contributed by atoms with Crippen molar-refractivity contribution in [1.82, 2.24) is 5.32 Å². The van der Waals surface area contributed by atoms with E-state index < -0.39 is 15.9 Å². The van der Waals surface area contributed by atoms with Gasteiger partial charge < -0.3 is 10.4 Å². The first kappa shape index (κ1) is 11.9. The number of aliphatic hydroxyl groups is 1. The second kappa shape index (κ2) is 3.79. The van der Waals surface area contributed by atoms with E-state index in [0.29, 0.717) is 6.54 Å². The number of rotatable bonds is 1. The highest BCUT2D eigenvalue weighted by Gasteiger charge is 2.35. The van der Waals surface area contributed by atoms with E-state index in [1.165, 1.54) is 0 Å². The predicted molar refractivity (Wildman–Crippen MR) is 55.9 cm³/mol. The third-order valence-corrected chi connectivity index (χ3v) is 4.21. The maximum absolute atomic E-state index is 11.3. The van der Waals surface area contributed by atoms with Crippen molar-refractivity contribution in [3.63, 3.8) is 0 Å². The fourth-order valence-electron chi connectivity index (χ4n) is 1.62. The van der Waals surface area contributed by atoms with Gasteiger partial charge in [0.2, 0.25) is 0 Å². The Bertz CT molecular complexity index is 292. The van der Waals surface area contributed by atoms with Crippen LogP contribution in [0.1, 0.15) is 20.8 Å². The molecule has 1 heterocycles. The summed E-state index contributed by atoms with van der Waals surface area (Å²) in [6, 6.07) is -0.325. The summed E-state index contributed by atoms with van der Waals surface area (Å²) in [7, 11) is -2.96. The Kier molecular flexibility index (Phi) is 3.23. The Morgan fingerprint density at radius 3 is 2.43 bits per heavy atom. The maximum Gasteiger partial charge on any atom is 0.153 e. The highest BCUT2D eigenvalue weighted by Crippen LogP contribution is 2.23. The Labute approximate surface area is 85.6 Å². The smallest absolute Gasteiger partial charge is 0.153 e. The molecule has 1 aliphatic rings. The Hall–Kier alpha value is -0.130. The zero-order valence-corrected chi connectivity index (χ0v) is 9.76. The van der Waals surface area contributed by atoms with E-state index >= 15 is 0 Å². The molecule has 0 aromatic rings. The van der Waals surface area contributed by atoms with Crippen LogP contribution in [0.3, 0.4) is 0 Å². The number of aliphatic hydroxyl groups excluding tert-OH is 1. The molecule has 0 bridgehead atoms.